The minimum Gasteiger partial charge on any atom is -0.195 e. The van der Waals surface area contributed by atoms with Crippen LogP contribution in [0.1, 0.15) is 67.2 Å². The van der Waals surface area contributed by atoms with E-state index in [-0.39, 0.29) is 0 Å². The van der Waals surface area contributed by atoms with Crippen LogP contribution in [0.2, 0.25) is 11.6 Å². The Morgan fingerprint density at radius 2 is 1.09 bits per heavy atom. The lowest BCUT2D eigenvalue weighted by Gasteiger charge is -2.65. The fraction of sp³-hybridized carbons (Fsp3) is 1.00. The van der Waals surface area contributed by atoms with E-state index in [4.69, 9.17) is 11.5 Å². The van der Waals surface area contributed by atoms with E-state index in [0.29, 0.717) is 17.0 Å². The van der Waals surface area contributed by atoms with Crippen LogP contribution in [0.3, 0.4) is 0 Å². The maximum Gasteiger partial charge on any atom is 0.257 e. The second-order valence-electron chi connectivity index (χ2n) is 10.7. The Balaban J connectivity index is 1.49. The zero-order valence-electron chi connectivity index (χ0n) is 15.4. The van der Waals surface area contributed by atoms with Gasteiger partial charge in [-0.1, -0.05) is 54.4 Å². The highest BCUT2D eigenvalue weighted by Gasteiger charge is 2.62. The SMILES string of the molecule is C[C@@H]1[C@H]2CC(C[C@H]1B(Cl)[C@H]1CC3C[C@H]([C@H]1C)C3(C)C)C2(C)C. The molecule has 6 saturated carbocycles. The first kappa shape index (κ1) is 15.9. The van der Waals surface area contributed by atoms with Crippen LogP contribution in [-0.2, 0) is 0 Å². The predicted molar refractivity (Wildman–Crippen MR) is 97.4 cm³/mol. The van der Waals surface area contributed by atoms with Gasteiger partial charge in [-0.2, -0.15) is 11.5 Å². The molecule has 8 atom stereocenters. The molecule has 6 rings (SSSR count). The Hall–Kier alpha value is 0.355. The van der Waals surface area contributed by atoms with Gasteiger partial charge in [0.05, 0.1) is 0 Å². The fourth-order valence-corrected chi connectivity index (χ4v) is 8.20. The van der Waals surface area contributed by atoms with Crippen molar-refractivity contribution < 1.29 is 0 Å². The average Bonchev–Trinajstić information content (AvgIpc) is 2.45. The first-order chi connectivity index (χ1) is 10.2. The van der Waals surface area contributed by atoms with E-state index < -0.39 is 0 Å². The van der Waals surface area contributed by atoms with E-state index in [0.717, 1.165) is 47.1 Å². The Bertz CT molecular complexity index is 428. The number of rotatable bonds is 2. The smallest absolute Gasteiger partial charge is 0.195 e. The molecule has 0 N–H and O–H groups in total. The molecule has 0 aliphatic heterocycles. The van der Waals surface area contributed by atoms with Crippen LogP contribution < -0.4 is 0 Å². The van der Waals surface area contributed by atoms with Crippen molar-refractivity contribution in [1.29, 1.82) is 0 Å². The molecule has 0 aromatic carbocycles. The molecule has 0 amide bonds. The first-order valence-electron chi connectivity index (χ1n) is 9.79. The van der Waals surface area contributed by atoms with Gasteiger partial charge in [0.2, 0.25) is 0 Å². The maximum atomic E-state index is 7.19. The highest BCUT2D eigenvalue weighted by molar-refractivity contribution is 7.08. The quantitative estimate of drug-likeness (QED) is 0.519. The summed E-state index contributed by atoms with van der Waals surface area (Å²) in [4.78, 5) is 0. The summed E-state index contributed by atoms with van der Waals surface area (Å²) in [6.07, 6.45) is 6.20. The number of halogens is 1. The van der Waals surface area contributed by atoms with E-state index in [2.05, 4.69) is 41.5 Å². The van der Waals surface area contributed by atoms with Gasteiger partial charge in [0.15, 0.2) is 0 Å². The number of hydrogen-bond acceptors (Lipinski definition) is 0. The topological polar surface area (TPSA) is 0 Å². The Morgan fingerprint density at radius 3 is 1.36 bits per heavy atom. The third-order valence-corrected chi connectivity index (χ3v) is 10.3. The molecule has 124 valence electrons. The molecule has 0 aromatic rings. The zero-order valence-corrected chi connectivity index (χ0v) is 16.2. The molecule has 0 nitrogen and oxygen atoms in total. The third kappa shape index (κ3) is 1.84. The maximum absolute atomic E-state index is 7.19. The lowest BCUT2D eigenvalue weighted by molar-refractivity contribution is -0.106. The van der Waals surface area contributed by atoms with Crippen molar-refractivity contribution in [2.45, 2.75) is 78.9 Å². The second-order valence-corrected chi connectivity index (χ2v) is 11.2. The van der Waals surface area contributed by atoms with E-state index in [9.17, 15) is 0 Å². The van der Waals surface area contributed by atoms with Crippen molar-refractivity contribution in [3.8, 4) is 0 Å². The first-order valence-corrected chi connectivity index (χ1v) is 10.2. The van der Waals surface area contributed by atoms with Crippen LogP contribution in [0.5, 0.6) is 0 Å². The van der Waals surface area contributed by atoms with Crippen molar-refractivity contribution in [2.75, 3.05) is 0 Å². The summed E-state index contributed by atoms with van der Waals surface area (Å²) in [5.74, 6) is 7.00. The molecule has 2 heteroatoms. The largest absolute Gasteiger partial charge is 0.257 e. The molecule has 0 radical (unpaired) electrons. The molecule has 0 aromatic heterocycles. The van der Waals surface area contributed by atoms with Crippen molar-refractivity contribution in [2.24, 2.45) is 46.3 Å². The van der Waals surface area contributed by atoms with Crippen molar-refractivity contribution >= 4 is 17.6 Å². The third-order valence-electron chi connectivity index (χ3n) is 9.64. The summed E-state index contributed by atoms with van der Waals surface area (Å²) in [6, 6.07) is 0. The van der Waals surface area contributed by atoms with Crippen LogP contribution in [-0.4, -0.2) is 6.13 Å². The fourth-order valence-electron chi connectivity index (χ4n) is 7.54. The van der Waals surface area contributed by atoms with Gasteiger partial charge in [-0.15, -0.1) is 0 Å². The lowest BCUT2D eigenvalue weighted by atomic mass is 9.30. The van der Waals surface area contributed by atoms with Gasteiger partial charge in [0.1, 0.15) is 0 Å². The van der Waals surface area contributed by atoms with E-state index in [1.165, 1.54) is 25.7 Å². The molecule has 0 saturated heterocycles. The summed E-state index contributed by atoms with van der Waals surface area (Å²) in [5, 5.41) is 0. The van der Waals surface area contributed by atoms with Crippen LogP contribution in [0.15, 0.2) is 0 Å². The average molecular weight is 321 g/mol. The molecule has 6 aliphatic carbocycles. The monoisotopic (exact) mass is 320 g/mol. The van der Waals surface area contributed by atoms with Crippen LogP contribution in [0, 0.1) is 46.3 Å². The van der Waals surface area contributed by atoms with E-state index in [1.807, 2.05) is 0 Å². The van der Waals surface area contributed by atoms with Crippen molar-refractivity contribution in [3.63, 3.8) is 0 Å². The summed E-state index contributed by atoms with van der Waals surface area (Å²) in [7, 11) is 0. The van der Waals surface area contributed by atoms with Crippen molar-refractivity contribution in [3.05, 3.63) is 0 Å². The van der Waals surface area contributed by atoms with Gasteiger partial charge < -0.3 is 0 Å². The number of hydrogen-bond donors (Lipinski definition) is 0. The summed E-state index contributed by atoms with van der Waals surface area (Å²) in [5.41, 5.74) is 1.18. The summed E-state index contributed by atoms with van der Waals surface area (Å²) in [6.45, 7) is 15.0. The molecule has 6 aliphatic rings. The van der Waals surface area contributed by atoms with Gasteiger partial charge in [0.25, 0.3) is 6.13 Å². The van der Waals surface area contributed by atoms with Gasteiger partial charge in [0, 0.05) is 0 Å². The predicted octanol–water partition coefficient (Wildman–Crippen LogP) is 6.36. The minimum absolute atomic E-state index is 0.438. The van der Waals surface area contributed by atoms with Gasteiger partial charge >= 0.3 is 0 Å². The Morgan fingerprint density at radius 1 is 0.727 bits per heavy atom. The molecule has 0 heterocycles. The summed E-state index contributed by atoms with van der Waals surface area (Å²) >= 11 is 7.19. The van der Waals surface area contributed by atoms with Crippen LogP contribution in [0.4, 0.5) is 0 Å². The molecule has 0 spiro atoms. The molecule has 22 heavy (non-hydrogen) atoms. The molecule has 4 bridgehead atoms. The number of fused-ring (bicyclic) bond motifs is 4. The standard InChI is InChI=1S/C20H34BCl/c1-11-15-7-13(19(15,3)4)9-17(11)21(22)18-10-14-8-16(12(18)2)20(14,5)6/h11-18H,7-10H2,1-6H3/t11-,12-,13?,14?,15-,16-,17-,18+/m1/s1. The highest BCUT2D eigenvalue weighted by atomic mass is 35.5. The second kappa shape index (κ2) is 4.71. The normalized spacial score (nSPS) is 54.1. The lowest BCUT2D eigenvalue weighted by Crippen LogP contribution is -2.58. The molecule has 6 fully saturated rings. The van der Waals surface area contributed by atoms with Crippen LogP contribution >= 0.6 is 11.5 Å². The Kier molecular flexibility index (Phi) is 3.39. The van der Waals surface area contributed by atoms with E-state index >= 15 is 0 Å². The molecular formula is C20H34BCl. The highest BCUT2D eigenvalue weighted by Crippen LogP contribution is 2.69. The van der Waals surface area contributed by atoms with Crippen LogP contribution in [0.25, 0.3) is 0 Å². The van der Waals surface area contributed by atoms with Gasteiger partial charge in [-0.3, -0.25) is 0 Å². The Labute approximate surface area is 143 Å². The van der Waals surface area contributed by atoms with Crippen molar-refractivity contribution in [1.82, 2.24) is 0 Å². The minimum atomic E-state index is 0.438. The zero-order chi connectivity index (χ0) is 16.0. The van der Waals surface area contributed by atoms with Gasteiger partial charge in [-0.05, 0) is 70.8 Å². The molecular weight excluding hydrogens is 286 g/mol. The summed E-state index contributed by atoms with van der Waals surface area (Å²) < 4.78 is 0. The molecule has 2 unspecified atom stereocenters. The van der Waals surface area contributed by atoms with E-state index in [1.54, 1.807) is 0 Å². The van der Waals surface area contributed by atoms with Gasteiger partial charge in [-0.25, -0.2) is 0 Å².